The molecule has 0 spiro atoms. The summed E-state index contributed by atoms with van der Waals surface area (Å²) in [4.78, 5) is 3.21. The number of benzene rings is 1. The summed E-state index contributed by atoms with van der Waals surface area (Å²) in [6, 6.07) is 8.87. The maximum atomic E-state index is 10.7. The van der Waals surface area contributed by atoms with Crippen LogP contribution in [0.15, 0.2) is 36.8 Å². The summed E-state index contributed by atoms with van der Waals surface area (Å²) >= 11 is 0. The fraction of sp³-hybridized carbons (Fsp3) is 0.500. The van der Waals surface area contributed by atoms with Crippen molar-refractivity contribution in [2.24, 2.45) is 5.92 Å². The molecule has 0 unspecified atom stereocenters. The van der Waals surface area contributed by atoms with E-state index in [1.54, 1.807) is 0 Å². The van der Waals surface area contributed by atoms with E-state index >= 15 is 0 Å². The summed E-state index contributed by atoms with van der Waals surface area (Å²) in [5, 5.41) is 10.7. The predicted octanol–water partition coefficient (Wildman–Crippen LogP) is 3.20. The zero-order chi connectivity index (χ0) is 14.2. The van der Waals surface area contributed by atoms with E-state index in [1.165, 1.54) is 48.9 Å². The van der Waals surface area contributed by atoms with Crippen LogP contribution in [0.5, 0.6) is 0 Å². The molecule has 1 aromatic heterocycles. The van der Waals surface area contributed by atoms with E-state index in [9.17, 15) is 5.11 Å². The van der Waals surface area contributed by atoms with Crippen LogP contribution >= 0.6 is 0 Å². The molecule has 1 saturated carbocycles. The molecule has 21 heavy (non-hydrogen) atoms. The molecule has 2 N–H and O–H groups in total. The molecular weight excluding hydrogens is 260 g/mol. The lowest BCUT2D eigenvalue weighted by atomic mass is 9.82. The van der Waals surface area contributed by atoms with E-state index in [1.807, 2.05) is 6.33 Å². The highest BCUT2D eigenvalue weighted by Crippen LogP contribution is 2.37. The van der Waals surface area contributed by atoms with Gasteiger partial charge in [0.2, 0.25) is 6.33 Å². The number of nitrogens with zero attached hydrogens (tertiary/aromatic N) is 1. The SMILES string of the molecule is O[C@H](C[C@H]1c2ccccc2-c2c[nH]c[n+]21)C1CCCCC1. The Labute approximate surface area is 125 Å². The van der Waals surface area contributed by atoms with Crippen molar-refractivity contribution in [3.8, 4) is 11.3 Å². The van der Waals surface area contributed by atoms with Crippen molar-refractivity contribution in [3.63, 3.8) is 0 Å². The van der Waals surface area contributed by atoms with Gasteiger partial charge >= 0.3 is 0 Å². The molecule has 1 aromatic carbocycles. The molecular formula is C18H23N2O+. The summed E-state index contributed by atoms with van der Waals surface area (Å²) in [5.74, 6) is 0.495. The van der Waals surface area contributed by atoms with Crippen LogP contribution in [0.1, 0.15) is 50.1 Å². The topological polar surface area (TPSA) is 39.9 Å². The number of hydrogen-bond donors (Lipinski definition) is 2. The van der Waals surface area contributed by atoms with Gasteiger partial charge in [-0.1, -0.05) is 43.5 Å². The highest BCUT2D eigenvalue weighted by molar-refractivity contribution is 5.63. The van der Waals surface area contributed by atoms with Crippen LogP contribution in [0.4, 0.5) is 0 Å². The first-order valence-electron chi connectivity index (χ1n) is 8.20. The largest absolute Gasteiger partial charge is 0.393 e. The zero-order valence-electron chi connectivity index (χ0n) is 12.3. The number of imidazole rings is 1. The molecule has 2 atom stereocenters. The molecule has 1 fully saturated rings. The molecule has 4 rings (SSSR count). The van der Waals surface area contributed by atoms with Crippen molar-refractivity contribution in [1.82, 2.24) is 4.98 Å². The highest BCUT2D eigenvalue weighted by atomic mass is 16.3. The van der Waals surface area contributed by atoms with Crippen molar-refractivity contribution in [1.29, 1.82) is 0 Å². The molecule has 2 heterocycles. The van der Waals surface area contributed by atoms with E-state index in [-0.39, 0.29) is 12.1 Å². The van der Waals surface area contributed by atoms with E-state index in [4.69, 9.17) is 0 Å². The van der Waals surface area contributed by atoms with Crippen LogP contribution < -0.4 is 4.57 Å². The van der Waals surface area contributed by atoms with Crippen molar-refractivity contribution in [3.05, 3.63) is 42.4 Å². The Morgan fingerprint density at radius 1 is 1.19 bits per heavy atom. The molecule has 2 aliphatic rings. The fourth-order valence-corrected chi connectivity index (χ4v) is 4.17. The third kappa shape index (κ3) is 2.20. The molecule has 0 saturated heterocycles. The number of aromatic nitrogens is 2. The van der Waals surface area contributed by atoms with Crippen LogP contribution in [0, 0.1) is 5.92 Å². The summed E-state index contributed by atoms with van der Waals surface area (Å²) < 4.78 is 2.29. The Balaban J connectivity index is 1.60. The van der Waals surface area contributed by atoms with Gasteiger partial charge in [-0.15, -0.1) is 0 Å². The number of fused-ring (bicyclic) bond motifs is 3. The minimum Gasteiger partial charge on any atom is -0.393 e. The molecule has 1 aliphatic heterocycles. The Morgan fingerprint density at radius 3 is 2.86 bits per heavy atom. The lowest BCUT2D eigenvalue weighted by Crippen LogP contribution is -2.39. The number of hydrogen-bond acceptors (Lipinski definition) is 1. The maximum Gasteiger partial charge on any atom is 0.242 e. The van der Waals surface area contributed by atoms with Gasteiger partial charge in [0.05, 0.1) is 6.10 Å². The molecule has 110 valence electrons. The maximum absolute atomic E-state index is 10.7. The molecule has 1 aliphatic carbocycles. The summed E-state index contributed by atoms with van der Waals surface area (Å²) in [7, 11) is 0. The van der Waals surface area contributed by atoms with Crippen molar-refractivity contribution >= 4 is 0 Å². The van der Waals surface area contributed by atoms with Crippen LogP contribution in [0.25, 0.3) is 11.3 Å². The van der Waals surface area contributed by atoms with Gasteiger partial charge in [0.15, 0.2) is 5.69 Å². The van der Waals surface area contributed by atoms with Gasteiger partial charge in [0, 0.05) is 17.5 Å². The van der Waals surface area contributed by atoms with Gasteiger partial charge in [-0.2, -0.15) is 0 Å². The van der Waals surface area contributed by atoms with Gasteiger partial charge in [-0.3, -0.25) is 0 Å². The molecule has 2 aromatic rings. The van der Waals surface area contributed by atoms with Gasteiger partial charge in [-0.25, -0.2) is 9.55 Å². The Kier molecular flexibility index (Phi) is 3.30. The Morgan fingerprint density at radius 2 is 2.00 bits per heavy atom. The normalized spacial score (nSPS) is 22.8. The number of aliphatic hydroxyl groups excluding tert-OH is 1. The molecule has 3 nitrogen and oxygen atoms in total. The molecule has 0 bridgehead atoms. The first-order chi connectivity index (χ1) is 10.3. The van der Waals surface area contributed by atoms with Crippen LogP contribution in [0.2, 0.25) is 0 Å². The monoisotopic (exact) mass is 283 g/mol. The first-order valence-corrected chi connectivity index (χ1v) is 8.20. The standard InChI is InChI=1S/C18H22N2O/c21-18(13-6-2-1-3-7-13)10-16-14-8-4-5-9-15(14)17-11-19-12-20(16)17/h4-5,8-9,11-13,16,18,21H,1-3,6-7,10H2/p+1/t16-,18+/m0/s1. The first kappa shape index (κ1) is 13.1. The minimum atomic E-state index is -0.184. The summed E-state index contributed by atoms with van der Waals surface area (Å²) in [6.07, 6.45) is 11.0. The number of rotatable bonds is 3. The quantitative estimate of drug-likeness (QED) is 0.834. The van der Waals surface area contributed by atoms with E-state index in [0.29, 0.717) is 5.92 Å². The van der Waals surface area contributed by atoms with Crippen molar-refractivity contribution in [2.75, 3.05) is 0 Å². The van der Waals surface area contributed by atoms with Crippen LogP contribution in [-0.4, -0.2) is 16.2 Å². The van der Waals surface area contributed by atoms with Gasteiger partial charge in [-0.05, 0) is 18.8 Å². The summed E-state index contributed by atoms with van der Waals surface area (Å²) in [5.41, 5.74) is 3.90. The lowest BCUT2D eigenvalue weighted by Gasteiger charge is -2.27. The smallest absolute Gasteiger partial charge is 0.242 e. The Bertz CT molecular complexity index is 628. The molecule has 0 amide bonds. The third-order valence-electron chi connectivity index (χ3n) is 5.30. The highest BCUT2D eigenvalue weighted by Gasteiger charge is 2.36. The van der Waals surface area contributed by atoms with Gasteiger partial charge < -0.3 is 5.11 Å². The van der Waals surface area contributed by atoms with Crippen LogP contribution in [0.3, 0.4) is 0 Å². The third-order valence-corrected chi connectivity index (χ3v) is 5.30. The van der Waals surface area contributed by atoms with Gasteiger partial charge in [0.1, 0.15) is 12.2 Å². The fourth-order valence-electron chi connectivity index (χ4n) is 4.17. The number of aliphatic hydroxyl groups is 1. The van der Waals surface area contributed by atoms with Crippen molar-refractivity contribution < 1.29 is 9.67 Å². The lowest BCUT2D eigenvalue weighted by molar-refractivity contribution is -0.698. The van der Waals surface area contributed by atoms with Crippen molar-refractivity contribution in [2.45, 2.75) is 50.7 Å². The summed E-state index contributed by atoms with van der Waals surface area (Å²) in [6.45, 7) is 0. The Hall–Kier alpha value is -1.61. The predicted molar refractivity (Wildman–Crippen MR) is 81.8 cm³/mol. The molecule has 0 radical (unpaired) electrons. The number of nitrogens with one attached hydrogen (secondary N) is 1. The number of H-pyrrole nitrogens is 1. The molecule has 3 heteroatoms. The van der Waals surface area contributed by atoms with E-state index in [0.717, 1.165) is 6.42 Å². The van der Waals surface area contributed by atoms with Crippen LogP contribution in [-0.2, 0) is 0 Å². The second-order valence-corrected chi connectivity index (χ2v) is 6.54. The average Bonchev–Trinajstić information content (AvgIpc) is 3.11. The second kappa shape index (κ2) is 5.30. The zero-order valence-corrected chi connectivity index (χ0v) is 12.3. The average molecular weight is 283 g/mol. The van der Waals surface area contributed by atoms with Gasteiger partial charge in [0.25, 0.3) is 0 Å². The van der Waals surface area contributed by atoms with E-state index < -0.39 is 0 Å². The van der Waals surface area contributed by atoms with E-state index in [2.05, 4.69) is 40.0 Å². The second-order valence-electron chi connectivity index (χ2n) is 6.54. The minimum absolute atomic E-state index is 0.184. The number of aromatic amines is 1.